The molecule has 184 valence electrons. The highest BCUT2D eigenvalue weighted by Gasteiger charge is 2.51. The van der Waals surface area contributed by atoms with E-state index < -0.39 is 27.3 Å². The van der Waals surface area contributed by atoms with Gasteiger partial charge in [-0.2, -0.15) is 22.7 Å². The van der Waals surface area contributed by atoms with Gasteiger partial charge in [0.2, 0.25) is 0 Å². The number of methoxy groups -OCH3 is 1. The molecule has 0 N–H and O–H groups in total. The second-order valence-corrected chi connectivity index (χ2v) is 10.9. The van der Waals surface area contributed by atoms with E-state index in [1.165, 1.54) is 29.0 Å². The number of halogens is 3. The molecule has 0 saturated carbocycles. The van der Waals surface area contributed by atoms with Crippen LogP contribution in [0.2, 0.25) is 0 Å². The van der Waals surface area contributed by atoms with Crippen molar-refractivity contribution >= 4 is 15.7 Å². The Morgan fingerprint density at radius 1 is 1.29 bits per heavy atom. The molecule has 34 heavy (non-hydrogen) atoms. The number of sulfonamides is 1. The highest BCUT2D eigenvalue weighted by Crippen LogP contribution is 2.47. The highest BCUT2D eigenvalue weighted by atomic mass is 32.2. The average molecular weight is 498 g/mol. The van der Waals surface area contributed by atoms with E-state index >= 15 is 0 Å². The molecule has 0 radical (unpaired) electrons. The number of hydrogen-bond donors (Lipinski definition) is 0. The molecule has 0 amide bonds. The third-order valence-corrected chi connectivity index (χ3v) is 8.69. The van der Waals surface area contributed by atoms with Crippen LogP contribution >= 0.6 is 0 Å². The van der Waals surface area contributed by atoms with Crippen LogP contribution < -0.4 is 4.90 Å². The molecule has 2 aromatic rings. The van der Waals surface area contributed by atoms with Crippen molar-refractivity contribution in [2.75, 3.05) is 44.8 Å². The highest BCUT2D eigenvalue weighted by molar-refractivity contribution is 7.89. The summed E-state index contributed by atoms with van der Waals surface area (Å²) in [6.45, 7) is 1.96. The zero-order valence-electron chi connectivity index (χ0n) is 18.9. The molecule has 1 aromatic heterocycles. The van der Waals surface area contributed by atoms with Gasteiger partial charge >= 0.3 is 6.18 Å². The first-order chi connectivity index (χ1) is 16.0. The minimum absolute atomic E-state index is 0.00193. The lowest BCUT2D eigenvalue weighted by Crippen LogP contribution is -2.45. The van der Waals surface area contributed by atoms with Crippen molar-refractivity contribution < 1.29 is 26.3 Å². The molecule has 2 aliphatic heterocycles. The molecular formula is C22H26F3N5O3S. The molecule has 1 atom stereocenters. The number of anilines is 1. The van der Waals surface area contributed by atoms with Crippen LogP contribution in [-0.2, 0) is 28.0 Å². The molecule has 1 spiro atoms. The van der Waals surface area contributed by atoms with Crippen LogP contribution in [0.25, 0.3) is 0 Å². The molecule has 3 heterocycles. The van der Waals surface area contributed by atoms with Gasteiger partial charge in [-0.25, -0.2) is 13.4 Å². The number of benzene rings is 1. The van der Waals surface area contributed by atoms with E-state index in [0.29, 0.717) is 51.3 Å². The zero-order valence-corrected chi connectivity index (χ0v) is 19.7. The Bertz CT molecular complexity index is 1200. The molecule has 12 heteroatoms. The van der Waals surface area contributed by atoms with E-state index in [0.717, 1.165) is 6.07 Å². The summed E-state index contributed by atoms with van der Waals surface area (Å²) in [5, 5.41) is 9.04. The van der Waals surface area contributed by atoms with Gasteiger partial charge < -0.3 is 14.2 Å². The lowest BCUT2D eigenvalue weighted by Gasteiger charge is -2.43. The number of aryl methyl sites for hydroxylation is 1. The van der Waals surface area contributed by atoms with Gasteiger partial charge in [0.15, 0.2) is 5.03 Å². The maximum absolute atomic E-state index is 13.4. The SMILES string of the molecule is COCC1CN(S(=O)(=O)c2cn(C)cn2)CC12CCN(c1ccc(C#N)c(C(F)(F)F)c1)CC2. The Labute approximate surface area is 196 Å². The normalized spacial score (nSPS) is 21.2. The first-order valence-electron chi connectivity index (χ1n) is 10.8. The Hall–Kier alpha value is -2.62. The Morgan fingerprint density at radius 2 is 2.00 bits per heavy atom. The molecule has 1 aromatic carbocycles. The van der Waals surface area contributed by atoms with Crippen molar-refractivity contribution in [2.24, 2.45) is 18.4 Å². The number of hydrogen-bond acceptors (Lipinski definition) is 6. The van der Waals surface area contributed by atoms with Gasteiger partial charge in [-0.3, -0.25) is 0 Å². The third kappa shape index (κ3) is 4.39. The minimum Gasteiger partial charge on any atom is -0.384 e. The first kappa shape index (κ1) is 24.5. The summed E-state index contributed by atoms with van der Waals surface area (Å²) in [5.41, 5.74) is -1.29. The molecule has 8 nitrogen and oxygen atoms in total. The van der Waals surface area contributed by atoms with Crippen LogP contribution in [0.1, 0.15) is 24.0 Å². The molecule has 2 saturated heterocycles. The number of alkyl halides is 3. The van der Waals surface area contributed by atoms with Crippen LogP contribution in [0.15, 0.2) is 35.7 Å². The summed E-state index contributed by atoms with van der Waals surface area (Å²) in [5.74, 6) is -0.0372. The molecular weight excluding hydrogens is 471 g/mol. The van der Waals surface area contributed by atoms with E-state index in [1.54, 1.807) is 24.8 Å². The van der Waals surface area contributed by atoms with Crippen molar-refractivity contribution in [2.45, 2.75) is 24.0 Å². The van der Waals surface area contributed by atoms with Crippen LogP contribution in [-0.4, -0.2) is 62.2 Å². The van der Waals surface area contributed by atoms with Crippen molar-refractivity contribution in [3.05, 3.63) is 41.9 Å². The van der Waals surface area contributed by atoms with Crippen molar-refractivity contribution in [3.63, 3.8) is 0 Å². The largest absolute Gasteiger partial charge is 0.417 e. The average Bonchev–Trinajstić information content (AvgIpc) is 3.39. The van der Waals surface area contributed by atoms with Crippen LogP contribution in [0.4, 0.5) is 18.9 Å². The van der Waals surface area contributed by atoms with Gasteiger partial charge in [0, 0.05) is 58.1 Å². The minimum atomic E-state index is -4.62. The lowest BCUT2D eigenvalue weighted by atomic mass is 9.71. The van der Waals surface area contributed by atoms with E-state index in [-0.39, 0.29) is 16.4 Å². The van der Waals surface area contributed by atoms with Crippen molar-refractivity contribution in [3.8, 4) is 6.07 Å². The molecule has 1 unspecified atom stereocenters. The van der Waals surface area contributed by atoms with Gasteiger partial charge in [0.25, 0.3) is 10.0 Å². The summed E-state index contributed by atoms with van der Waals surface area (Å²) in [6.07, 6.45) is -0.491. The summed E-state index contributed by atoms with van der Waals surface area (Å²) in [7, 11) is -0.483. The van der Waals surface area contributed by atoms with Gasteiger partial charge in [-0.15, -0.1) is 0 Å². The van der Waals surface area contributed by atoms with Gasteiger partial charge in [-0.05, 0) is 36.5 Å². The van der Waals surface area contributed by atoms with Crippen LogP contribution in [0.3, 0.4) is 0 Å². The smallest absolute Gasteiger partial charge is 0.384 e. The lowest BCUT2D eigenvalue weighted by molar-refractivity contribution is -0.137. The number of ether oxygens (including phenoxy) is 1. The number of piperidine rings is 1. The summed E-state index contributed by atoms with van der Waals surface area (Å²) < 4.78 is 75.0. The van der Waals surface area contributed by atoms with E-state index in [9.17, 15) is 21.6 Å². The van der Waals surface area contributed by atoms with Crippen molar-refractivity contribution in [1.29, 1.82) is 5.26 Å². The Balaban J connectivity index is 1.55. The molecule has 0 bridgehead atoms. The van der Waals surface area contributed by atoms with Crippen LogP contribution in [0, 0.1) is 22.7 Å². The fourth-order valence-electron chi connectivity index (χ4n) is 5.09. The number of rotatable bonds is 5. The zero-order chi connectivity index (χ0) is 24.7. The summed E-state index contributed by atoms with van der Waals surface area (Å²) in [6, 6.07) is 5.36. The Kier molecular flexibility index (Phi) is 6.39. The standard InChI is InChI=1S/C22H26F3N5O3S/c1-28-12-20(27-15-28)34(31,32)30-11-17(13-33-2)21(14-30)5-7-29(8-6-21)18-4-3-16(10-26)19(9-18)22(23,24)25/h3-4,9,12,15,17H,5-8,11,13-14H2,1-2H3. The monoisotopic (exact) mass is 497 g/mol. The second-order valence-electron chi connectivity index (χ2n) is 9.02. The van der Waals surface area contributed by atoms with Gasteiger partial charge in [0.05, 0.1) is 30.1 Å². The topological polar surface area (TPSA) is 91.5 Å². The maximum Gasteiger partial charge on any atom is 0.417 e. The van der Waals surface area contributed by atoms with Gasteiger partial charge in [-0.1, -0.05) is 0 Å². The van der Waals surface area contributed by atoms with Gasteiger partial charge in [0.1, 0.15) is 0 Å². The number of aromatic nitrogens is 2. The quantitative estimate of drug-likeness (QED) is 0.631. The number of imidazole rings is 1. The summed E-state index contributed by atoms with van der Waals surface area (Å²) >= 11 is 0. The maximum atomic E-state index is 13.4. The molecule has 2 aliphatic rings. The number of nitriles is 1. The summed E-state index contributed by atoms with van der Waals surface area (Å²) in [4.78, 5) is 5.87. The molecule has 0 aliphatic carbocycles. The fourth-order valence-corrected chi connectivity index (χ4v) is 6.64. The second kappa shape index (κ2) is 8.87. The first-order valence-corrected chi connectivity index (χ1v) is 12.3. The fraction of sp³-hybridized carbons (Fsp3) is 0.545. The molecule has 2 fully saturated rings. The van der Waals surface area contributed by atoms with E-state index in [4.69, 9.17) is 10.00 Å². The molecule has 4 rings (SSSR count). The van der Waals surface area contributed by atoms with Crippen molar-refractivity contribution in [1.82, 2.24) is 13.9 Å². The Morgan fingerprint density at radius 3 is 2.56 bits per heavy atom. The predicted molar refractivity (Wildman–Crippen MR) is 117 cm³/mol. The number of nitrogens with zero attached hydrogens (tertiary/aromatic N) is 5. The third-order valence-electron chi connectivity index (χ3n) is 6.99. The predicted octanol–water partition coefficient (Wildman–Crippen LogP) is 2.86. The van der Waals surface area contributed by atoms with Crippen LogP contribution in [0.5, 0.6) is 0 Å². The van der Waals surface area contributed by atoms with E-state index in [2.05, 4.69) is 4.98 Å². The van der Waals surface area contributed by atoms with E-state index in [1.807, 2.05) is 4.90 Å².